The Morgan fingerprint density at radius 1 is 1.50 bits per heavy atom. The molecule has 0 amide bonds. The van der Waals surface area contributed by atoms with Crippen LogP contribution in [0.3, 0.4) is 0 Å². The van der Waals surface area contributed by atoms with Gasteiger partial charge in [0.25, 0.3) is 5.78 Å². The highest BCUT2D eigenvalue weighted by Gasteiger charge is 2.24. The number of hydrogen-bond donors (Lipinski definition) is 0. The van der Waals surface area contributed by atoms with Crippen molar-refractivity contribution in [3.63, 3.8) is 0 Å². The fraction of sp³-hybridized carbons (Fsp3) is 0.375. The Hall–Kier alpha value is -1.17. The molecule has 0 spiro atoms. The monoisotopic (exact) mass is 260 g/mol. The van der Waals surface area contributed by atoms with E-state index in [1.165, 1.54) is 4.68 Å². The second-order valence-electron chi connectivity index (χ2n) is 2.69. The van der Waals surface area contributed by atoms with Crippen LogP contribution in [0.1, 0.15) is 16.2 Å². The number of aryl methyl sites for hydroxylation is 1. The molecule has 0 radical (unpaired) electrons. The van der Waals surface area contributed by atoms with Crippen molar-refractivity contribution in [3.8, 4) is 0 Å². The third-order valence-electron chi connectivity index (χ3n) is 1.85. The number of carbonyl (C=O) groups is 2. The minimum atomic E-state index is -0.913. The molecule has 0 saturated heterocycles. The molecule has 0 fully saturated rings. The maximum Gasteiger partial charge on any atom is 0.381 e. The first kappa shape index (κ1) is 10.9. The second kappa shape index (κ2) is 3.91. The molecule has 76 valence electrons. The van der Waals surface area contributed by atoms with Gasteiger partial charge in [-0.3, -0.25) is 9.48 Å². The van der Waals surface area contributed by atoms with Crippen LogP contribution in [0.2, 0.25) is 0 Å². The minimum absolute atomic E-state index is 0.0804. The average Bonchev–Trinajstić information content (AvgIpc) is 2.43. The molecule has 0 atom stereocenters. The third-order valence-corrected chi connectivity index (χ3v) is 2.80. The Kier molecular flexibility index (Phi) is 3.05. The summed E-state index contributed by atoms with van der Waals surface area (Å²) in [6, 6.07) is 0. The van der Waals surface area contributed by atoms with Crippen molar-refractivity contribution in [3.05, 3.63) is 15.9 Å². The summed E-state index contributed by atoms with van der Waals surface area (Å²) in [5.41, 5.74) is 0.856. The fourth-order valence-electron chi connectivity index (χ4n) is 0.917. The lowest BCUT2D eigenvalue weighted by Gasteiger charge is -1.94. The number of hydrogen-bond acceptors (Lipinski definition) is 4. The predicted molar refractivity (Wildman–Crippen MR) is 52.0 cm³/mol. The number of carbonyl (C=O) groups excluding carboxylic acids is 2. The molecule has 0 N–H and O–H groups in total. The van der Waals surface area contributed by atoms with Gasteiger partial charge in [0.05, 0.1) is 11.6 Å². The van der Waals surface area contributed by atoms with Gasteiger partial charge in [-0.1, -0.05) is 0 Å². The highest BCUT2D eigenvalue weighted by Crippen LogP contribution is 2.20. The quantitative estimate of drug-likeness (QED) is 0.449. The Balaban J connectivity index is 3.14. The van der Waals surface area contributed by atoms with E-state index >= 15 is 0 Å². The summed E-state index contributed by atoms with van der Waals surface area (Å²) in [5.74, 6) is -1.66. The number of methoxy groups -OCH3 is 1. The van der Waals surface area contributed by atoms with E-state index in [9.17, 15) is 9.59 Å². The van der Waals surface area contributed by atoms with E-state index in [-0.39, 0.29) is 5.69 Å². The summed E-state index contributed by atoms with van der Waals surface area (Å²) in [4.78, 5) is 22.3. The lowest BCUT2D eigenvalue weighted by atomic mass is 10.3. The Morgan fingerprint density at radius 2 is 2.07 bits per heavy atom. The zero-order chi connectivity index (χ0) is 10.9. The summed E-state index contributed by atoms with van der Waals surface area (Å²) >= 11 is 3.19. The highest BCUT2D eigenvalue weighted by molar-refractivity contribution is 9.10. The molecular weight excluding hydrogens is 252 g/mol. The van der Waals surface area contributed by atoms with Crippen LogP contribution in [0.5, 0.6) is 0 Å². The van der Waals surface area contributed by atoms with Crippen LogP contribution in [0.4, 0.5) is 0 Å². The van der Waals surface area contributed by atoms with Gasteiger partial charge in [-0.25, -0.2) is 4.79 Å². The molecule has 6 heteroatoms. The molecule has 0 aliphatic rings. The van der Waals surface area contributed by atoms with Gasteiger partial charge in [0.1, 0.15) is 0 Å². The van der Waals surface area contributed by atoms with Crippen molar-refractivity contribution in [2.24, 2.45) is 7.05 Å². The molecule has 0 aliphatic carbocycles. The van der Waals surface area contributed by atoms with Crippen molar-refractivity contribution in [1.29, 1.82) is 0 Å². The molecule has 5 nitrogen and oxygen atoms in total. The van der Waals surface area contributed by atoms with E-state index in [1.54, 1.807) is 14.0 Å². The molecule has 1 aromatic heterocycles. The molecule has 0 saturated carbocycles. The number of halogens is 1. The first-order chi connectivity index (χ1) is 6.49. The number of esters is 1. The molecule has 0 aromatic carbocycles. The minimum Gasteiger partial charge on any atom is -0.463 e. The Morgan fingerprint density at radius 3 is 2.43 bits per heavy atom. The normalized spacial score (nSPS) is 10.0. The molecule has 0 bridgehead atoms. The van der Waals surface area contributed by atoms with E-state index in [2.05, 4.69) is 25.8 Å². The zero-order valence-corrected chi connectivity index (χ0v) is 9.58. The largest absolute Gasteiger partial charge is 0.463 e. The van der Waals surface area contributed by atoms with Crippen LogP contribution in [-0.4, -0.2) is 28.6 Å². The summed E-state index contributed by atoms with van der Waals surface area (Å²) in [6.45, 7) is 1.78. The van der Waals surface area contributed by atoms with Gasteiger partial charge in [0, 0.05) is 12.7 Å². The molecule has 1 heterocycles. The van der Waals surface area contributed by atoms with Gasteiger partial charge in [-0.05, 0) is 22.9 Å². The highest BCUT2D eigenvalue weighted by atomic mass is 79.9. The van der Waals surface area contributed by atoms with Gasteiger partial charge < -0.3 is 4.74 Å². The Bertz CT molecular complexity index is 398. The van der Waals surface area contributed by atoms with Crippen molar-refractivity contribution in [2.45, 2.75) is 6.92 Å². The van der Waals surface area contributed by atoms with Gasteiger partial charge in [0.15, 0.2) is 5.69 Å². The molecule has 0 aliphatic heterocycles. The smallest absolute Gasteiger partial charge is 0.381 e. The van der Waals surface area contributed by atoms with E-state index < -0.39 is 11.8 Å². The number of ether oxygens (including phenoxy) is 1. The average molecular weight is 261 g/mol. The van der Waals surface area contributed by atoms with E-state index in [4.69, 9.17) is 0 Å². The second-order valence-corrected chi connectivity index (χ2v) is 3.49. The van der Waals surface area contributed by atoms with Gasteiger partial charge >= 0.3 is 5.97 Å². The van der Waals surface area contributed by atoms with Crippen LogP contribution >= 0.6 is 15.9 Å². The molecule has 1 rings (SSSR count). The molecule has 1 aromatic rings. The SMILES string of the molecule is COC(=O)C(=O)c1nn(C)c(C)c1Br. The van der Waals surface area contributed by atoms with Crippen molar-refractivity contribution < 1.29 is 14.3 Å². The molecular formula is C8H9BrN2O3. The number of Topliss-reactive ketones (excluding diaryl/α,β-unsaturated/α-hetero) is 1. The van der Waals surface area contributed by atoms with Gasteiger partial charge in [-0.2, -0.15) is 5.10 Å². The summed E-state index contributed by atoms with van der Waals surface area (Å²) in [7, 11) is 2.85. The van der Waals surface area contributed by atoms with Crippen LogP contribution in [-0.2, 0) is 16.6 Å². The van der Waals surface area contributed by atoms with Crippen LogP contribution in [0, 0.1) is 6.92 Å². The first-order valence-electron chi connectivity index (χ1n) is 3.80. The van der Waals surface area contributed by atoms with E-state index in [1.807, 2.05) is 0 Å². The van der Waals surface area contributed by atoms with Crippen molar-refractivity contribution >= 4 is 27.7 Å². The summed E-state index contributed by atoms with van der Waals surface area (Å²) < 4.78 is 6.35. The molecule has 0 unspecified atom stereocenters. The van der Waals surface area contributed by atoms with E-state index in [0.717, 1.165) is 12.8 Å². The maximum atomic E-state index is 11.4. The van der Waals surface area contributed by atoms with Gasteiger partial charge in [-0.15, -0.1) is 0 Å². The van der Waals surface area contributed by atoms with Crippen LogP contribution in [0.25, 0.3) is 0 Å². The summed E-state index contributed by atoms with van der Waals surface area (Å²) in [6.07, 6.45) is 0. The first-order valence-corrected chi connectivity index (χ1v) is 4.60. The van der Waals surface area contributed by atoms with Crippen molar-refractivity contribution in [1.82, 2.24) is 9.78 Å². The lowest BCUT2D eigenvalue weighted by molar-refractivity contribution is -0.135. The van der Waals surface area contributed by atoms with Crippen molar-refractivity contribution in [2.75, 3.05) is 7.11 Å². The Labute approximate surface area is 89.2 Å². The van der Waals surface area contributed by atoms with Gasteiger partial charge in [0.2, 0.25) is 0 Å². The van der Waals surface area contributed by atoms with Crippen LogP contribution < -0.4 is 0 Å². The number of ketones is 1. The summed E-state index contributed by atoms with van der Waals surface area (Å²) in [5, 5.41) is 3.90. The standard InChI is InChI=1S/C8H9BrN2O3/c1-4-5(9)6(10-11(4)2)7(12)8(13)14-3/h1-3H3. The number of aromatic nitrogens is 2. The fourth-order valence-corrected chi connectivity index (χ4v) is 1.43. The predicted octanol–water partition coefficient (Wildman–Crippen LogP) is 0.847. The molecule has 14 heavy (non-hydrogen) atoms. The third kappa shape index (κ3) is 1.70. The van der Waals surface area contributed by atoms with E-state index in [0.29, 0.717) is 4.47 Å². The van der Waals surface area contributed by atoms with Crippen LogP contribution in [0.15, 0.2) is 4.47 Å². The lowest BCUT2D eigenvalue weighted by Crippen LogP contribution is -2.16. The maximum absolute atomic E-state index is 11.4. The zero-order valence-electron chi connectivity index (χ0n) is 8.00. The topological polar surface area (TPSA) is 61.2 Å². The number of nitrogens with zero attached hydrogens (tertiary/aromatic N) is 2. The number of rotatable bonds is 2.